The molecule has 0 atom stereocenters. The smallest absolute Gasteiger partial charge is 0.230 e. The van der Waals surface area contributed by atoms with Crippen LogP contribution in [-0.2, 0) is 4.79 Å². The second-order valence-electron chi connectivity index (χ2n) is 7.87. The molecule has 32 heavy (non-hydrogen) atoms. The van der Waals surface area contributed by atoms with Crippen molar-refractivity contribution in [1.82, 2.24) is 20.1 Å². The molecule has 1 aromatic heterocycles. The fraction of sp³-hybridized carbons (Fsp3) is 0.609. The molecule has 1 aliphatic carbocycles. The summed E-state index contributed by atoms with van der Waals surface area (Å²) < 4.78 is 18.7. The maximum atomic E-state index is 12.3. The van der Waals surface area contributed by atoms with Crippen LogP contribution >= 0.6 is 11.8 Å². The van der Waals surface area contributed by atoms with Crippen LogP contribution in [0.2, 0.25) is 0 Å². The minimum atomic E-state index is 0.0241. The molecule has 1 N–H and O–H groups in total. The number of nitrogens with zero attached hydrogens (tertiary/aromatic N) is 3. The number of unbranched alkanes of at least 4 members (excludes halogenated alkanes) is 1. The Morgan fingerprint density at radius 1 is 1.09 bits per heavy atom. The van der Waals surface area contributed by atoms with Crippen molar-refractivity contribution in [3.63, 3.8) is 0 Å². The van der Waals surface area contributed by atoms with Gasteiger partial charge < -0.3 is 19.5 Å². The Morgan fingerprint density at radius 3 is 2.38 bits per heavy atom. The second kappa shape index (κ2) is 12.0. The van der Waals surface area contributed by atoms with Gasteiger partial charge in [0.1, 0.15) is 0 Å². The van der Waals surface area contributed by atoms with Gasteiger partial charge in [0.2, 0.25) is 11.7 Å². The number of aromatic nitrogens is 3. The first-order chi connectivity index (χ1) is 15.6. The van der Waals surface area contributed by atoms with Crippen molar-refractivity contribution in [2.24, 2.45) is 0 Å². The second-order valence-corrected chi connectivity index (χ2v) is 8.82. The SMILES string of the molecule is CCCCNC(=O)CSc1nnc(-c2cc(OC)c(OC)c(OC)c2)n1C1CCCCC1. The van der Waals surface area contributed by atoms with E-state index < -0.39 is 0 Å². The van der Waals surface area contributed by atoms with Crippen LogP contribution in [0.1, 0.15) is 57.9 Å². The molecule has 0 radical (unpaired) electrons. The number of ether oxygens (including phenoxy) is 3. The molecular formula is C23H34N4O4S. The molecule has 1 aliphatic rings. The summed E-state index contributed by atoms with van der Waals surface area (Å²) in [5.41, 5.74) is 0.844. The molecule has 3 rings (SSSR count). The van der Waals surface area contributed by atoms with Gasteiger partial charge in [-0.1, -0.05) is 44.4 Å². The van der Waals surface area contributed by atoms with Crippen LogP contribution in [0.3, 0.4) is 0 Å². The third-order valence-corrected chi connectivity index (χ3v) is 6.66. The molecule has 1 fully saturated rings. The average molecular weight is 463 g/mol. The lowest BCUT2D eigenvalue weighted by molar-refractivity contribution is -0.118. The molecule has 0 aliphatic heterocycles. The Bertz CT molecular complexity index is 871. The lowest BCUT2D eigenvalue weighted by atomic mass is 9.95. The van der Waals surface area contributed by atoms with E-state index in [2.05, 4.69) is 27.0 Å². The normalized spacial score (nSPS) is 14.2. The van der Waals surface area contributed by atoms with Crippen molar-refractivity contribution in [2.45, 2.75) is 63.1 Å². The topological polar surface area (TPSA) is 87.5 Å². The number of carbonyl (C=O) groups excluding carboxylic acids is 1. The maximum Gasteiger partial charge on any atom is 0.230 e. The maximum absolute atomic E-state index is 12.3. The number of hydrogen-bond donors (Lipinski definition) is 1. The molecule has 0 saturated heterocycles. The van der Waals surface area contributed by atoms with Crippen molar-refractivity contribution in [2.75, 3.05) is 33.6 Å². The predicted octanol–water partition coefficient (Wildman–Crippen LogP) is 4.48. The summed E-state index contributed by atoms with van der Waals surface area (Å²) in [4.78, 5) is 12.3. The van der Waals surface area contributed by atoms with Gasteiger partial charge in [0, 0.05) is 18.2 Å². The largest absolute Gasteiger partial charge is 0.493 e. The number of thioether (sulfide) groups is 1. The van der Waals surface area contributed by atoms with Crippen molar-refractivity contribution in [3.8, 4) is 28.6 Å². The Hall–Kier alpha value is -2.42. The zero-order valence-electron chi connectivity index (χ0n) is 19.5. The lowest BCUT2D eigenvalue weighted by Gasteiger charge is -2.26. The highest BCUT2D eigenvalue weighted by Crippen LogP contribution is 2.42. The molecule has 0 bridgehead atoms. The van der Waals surface area contributed by atoms with Crippen LogP contribution in [0.5, 0.6) is 17.2 Å². The van der Waals surface area contributed by atoms with E-state index in [-0.39, 0.29) is 5.91 Å². The Morgan fingerprint density at radius 2 is 1.78 bits per heavy atom. The van der Waals surface area contributed by atoms with E-state index in [1.54, 1.807) is 21.3 Å². The van der Waals surface area contributed by atoms with E-state index in [1.165, 1.54) is 31.0 Å². The zero-order chi connectivity index (χ0) is 22.9. The molecule has 9 heteroatoms. The minimum Gasteiger partial charge on any atom is -0.493 e. The van der Waals surface area contributed by atoms with Crippen LogP contribution < -0.4 is 19.5 Å². The molecule has 0 spiro atoms. The quantitative estimate of drug-likeness (QED) is 0.389. The summed E-state index contributed by atoms with van der Waals surface area (Å²) in [6, 6.07) is 4.10. The third-order valence-electron chi connectivity index (χ3n) is 5.71. The van der Waals surface area contributed by atoms with Gasteiger partial charge in [-0.2, -0.15) is 0 Å². The van der Waals surface area contributed by atoms with Gasteiger partial charge >= 0.3 is 0 Å². The van der Waals surface area contributed by atoms with Crippen LogP contribution in [0.15, 0.2) is 17.3 Å². The molecule has 8 nitrogen and oxygen atoms in total. The summed E-state index contributed by atoms with van der Waals surface area (Å²) in [6.45, 7) is 2.82. The summed E-state index contributed by atoms with van der Waals surface area (Å²) in [6.07, 6.45) is 7.80. The van der Waals surface area contributed by atoms with Gasteiger partial charge in [0.25, 0.3) is 0 Å². The van der Waals surface area contributed by atoms with Crippen LogP contribution in [0.4, 0.5) is 0 Å². The molecule has 176 valence electrons. The first-order valence-electron chi connectivity index (χ1n) is 11.3. The van der Waals surface area contributed by atoms with Crippen LogP contribution in [0.25, 0.3) is 11.4 Å². The Balaban J connectivity index is 1.93. The fourth-order valence-electron chi connectivity index (χ4n) is 4.04. The molecular weight excluding hydrogens is 428 g/mol. The number of amides is 1. The number of rotatable bonds is 11. The van der Waals surface area contributed by atoms with E-state index in [0.29, 0.717) is 35.6 Å². The molecule has 2 aromatic rings. The summed E-state index contributed by atoms with van der Waals surface area (Å²) in [5.74, 6) is 2.79. The van der Waals surface area contributed by atoms with E-state index in [4.69, 9.17) is 14.2 Å². The van der Waals surface area contributed by atoms with E-state index in [9.17, 15) is 4.79 Å². The highest BCUT2D eigenvalue weighted by molar-refractivity contribution is 7.99. The van der Waals surface area contributed by atoms with Crippen molar-refractivity contribution < 1.29 is 19.0 Å². The number of hydrogen-bond acceptors (Lipinski definition) is 7. The zero-order valence-corrected chi connectivity index (χ0v) is 20.3. The van der Waals surface area contributed by atoms with Gasteiger partial charge in [-0.3, -0.25) is 9.36 Å². The Kier molecular flexibility index (Phi) is 9.08. The lowest BCUT2D eigenvalue weighted by Crippen LogP contribution is -2.26. The number of nitrogens with one attached hydrogen (secondary N) is 1. The van der Waals surface area contributed by atoms with Gasteiger partial charge in [-0.15, -0.1) is 10.2 Å². The third kappa shape index (κ3) is 5.68. The molecule has 1 aromatic carbocycles. The highest BCUT2D eigenvalue weighted by Gasteiger charge is 2.26. The monoisotopic (exact) mass is 462 g/mol. The summed E-state index contributed by atoms with van der Waals surface area (Å²) in [5, 5.41) is 12.7. The first-order valence-corrected chi connectivity index (χ1v) is 12.3. The van der Waals surface area contributed by atoms with Gasteiger partial charge in [-0.25, -0.2) is 0 Å². The summed E-state index contributed by atoms with van der Waals surface area (Å²) >= 11 is 1.44. The number of carbonyl (C=O) groups is 1. The molecule has 1 amide bonds. The van der Waals surface area contributed by atoms with E-state index >= 15 is 0 Å². The Labute approximate surface area is 194 Å². The van der Waals surface area contributed by atoms with Crippen molar-refractivity contribution >= 4 is 17.7 Å². The van der Waals surface area contributed by atoms with Crippen LogP contribution in [-0.4, -0.2) is 54.3 Å². The van der Waals surface area contributed by atoms with Crippen molar-refractivity contribution in [3.05, 3.63) is 12.1 Å². The van der Waals surface area contributed by atoms with E-state index in [1.807, 2.05) is 12.1 Å². The van der Waals surface area contributed by atoms with E-state index in [0.717, 1.165) is 42.2 Å². The molecule has 0 unspecified atom stereocenters. The average Bonchev–Trinajstić information content (AvgIpc) is 3.26. The molecule has 1 heterocycles. The van der Waals surface area contributed by atoms with Crippen molar-refractivity contribution in [1.29, 1.82) is 0 Å². The highest BCUT2D eigenvalue weighted by atomic mass is 32.2. The van der Waals surface area contributed by atoms with Gasteiger partial charge in [-0.05, 0) is 31.4 Å². The number of benzene rings is 1. The first kappa shape index (κ1) is 24.2. The standard InChI is InChI=1S/C23H34N4O4S/c1-5-6-12-24-20(28)15-32-23-26-25-22(27(23)17-10-8-7-9-11-17)16-13-18(29-2)21(31-4)19(14-16)30-3/h13-14,17H,5-12,15H2,1-4H3,(H,24,28). The minimum absolute atomic E-state index is 0.0241. The van der Waals surface area contributed by atoms with Crippen LogP contribution in [0, 0.1) is 0 Å². The predicted molar refractivity (Wildman–Crippen MR) is 126 cm³/mol. The fourth-order valence-corrected chi connectivity index (χ4v) is 4.87. The van der Waals surface area contributed by atoms with Gasteiger partial charge in [0.05, 0.1) is 27.1 Å². The molecule has 1 saturated carbocycles. The summed E-state index contributed by atoms with van der Waals surface area (Å²) in [7, 11) is 4.79. The number of methoxy groups -OCH3 is 3. The van der Waals surface area contributed by atoms with Gasteiger partial charge in [0.15, 0.2) is 22.5 Å².